The summed E-state index contributed by atoms with van der Waals surface area (Å²) >= 11 is 0. The average molecular weight is 124 g/mol. The molecule has 0 unspecified atom stereocenters. The maximum atomic E-state index is 4.78. The van der Waals surface area contributed by atoms with E-state index in [-0.39, 0.29) is 0 Å². The molecule has 1 rings (SSSR count). The van der Waals surface area contributed by atoms with Crippen LogP contribution in [0.25, 0.3) is 0 Å². The lowest BCUT2D eigenvalue weighted by atomic mass is 10.2. The number of aromatic nitrogens is 1. The Morgan fingerprint density at radius 1 is 1.67 bits per heavy atom. The topological polar surface area (TPSA) is 26.0 Å². The van der Waals surface area contributed by atoms with E-state index in [2.05, 4.69) is 11.9 Å². The quantitative estimate of drug-likeness (QED) is 0.614. The van der Waals surface area contributed by atoms with Gasteiger partial charge in [0.25, 0.3) is 0 Å². The number of nitrogens with zero attached hydrogens (tertiary/aromatic N) is 1. The fourth-order valence-electron chi connectivity index (χ4n) is 0.667. The Labute approximate surface area is 54.9 Å². The summed E-state index contributed by atoms with van der Waals surface area (Å²) in [5.74, 6) is 0. The molecule has 0 fully saturated rings. The fourth-order valence-corrected chi connectivity index (χ4v) is 0.667. The number of unbranched alkanes of at least 4 members (excludes halogenated alkanes) is 1. The van der Waals surface area contributed by atoms with Gasteiger partial charge in [0.15, 0.2) is 6.39 Å². The van der Waals surface area contributed by atoms with Crippen LogP contribution in [0.2, 0.25) is 0 Å². The van der Waals surface area contributed by atoms with Gasteiger partial charge in [-0.25, -0.2) is 4.98 Å². The van der Waals surface area contributed by atoms with Crippen LogP contribution < -0.4 is 0 Å². The molecule has 0 aliphatic rings. The van der Waals surface area contributed by atoms with Crippen molar-refractivity contribution in [3.8, 4) is 0 Å². The zero-order valence-corrected chi connectivity index (χ0v) is 5.34. The van der Waals surface area contributed by atoms with Crippen LogP contribution in [0.3, 0.4) is 0 Å². The van der Waals surface area contributed by atoms with E-state index in [1.165, 1.54) is 6.39 Å². The van der Waals surface area contributed by atoms with Gasteiger partial charge in [-0.3, -0.25) is 0 Å². The Morgan fingerprint density at radius 3 is 3.11 bits per heavy atom. The Hall–Kier alpha value is -0.790. The fraction of sp³-hybridized carbons (Fsp3) is 0.429. The summed E-state index contributed by atoms with van der Waals surface area (Å²) in [4.78, 5) is 3.96. The van der Waals surface area contributed by atoms with Crippen LogP contribution in [0.4, 0.5) is 0 Å². The first-order chi connectivity index (χ1) is 4.43. The van der Waals surface area contributed by atoms with Crippen molar-refractivity contribution in [2.45, 2.75) is 19.3 Å². The lowest BCUT2D eigenvalue weighted by Crippen LogP contribution is -1.82. The second kappa shape index (κ2) is 3.28. The van der Waals surface area contributed by atoms with Gasteiger partial charge in [-0.15, -0.1) is 0 Å². The monoisotopic (exact) mass is 124 g/mol. The molecule has 0 aliphatic heterocycles. The van der Waals surface area contributed by atoms with Gasteiger partial charge in [0.2, 0.25) is 0 Å². The third kappa shape index (κ3) is 1.88. The van der Waals surface area contributed by atoms with Crippen molar-refractivity contribution in [1.82, 2.24) is 4.98 Å². The molecule has 9 heavy (non-hydrogen) atoms. The van der Waals surface area contributed by atoms with Crippen LogP contribution in [0.5, 0.6) is 0 Å². The largest absolute Gasteiger partial charge is 0.451 e. The highest BCUT2D eigenvalue weighted by Gasteiger charge is 1.92. The molecule has 0 bridgehead atoms. The van der Waals surface area contributed by atoms with Gasteiger partial charge in [-0.2, -0.15) is 0 Å². The van der Waals surface area contributed by atoms with Gasteiger partial charge in [-0.05, 0) is 12.8 Å². The lowest BCUT2D eigenvalue weighted by molar-refractivity contribution is 0.556. The number of hydrogen-bond donors (Lipinski definition) is 0. The van der Waals surface area contributed by atoms with Crippen molar-refractivity contribution in [2.24, 2.45) is 0 Å². The highest BCUT2D eigenvalue weighted by molar-refractivity contribution is 4.90. The molecule has 0 aliphatic carbocycles. The average Bonchev–Trinajstić information content (AvgIpc) is 2.34. The van der Waals surface area contributed by atoms with Crippen LogP contribution in [-0.4, -0.2) is 4.98 Å². The second-order valence-electron chi connectivity index (χ2n) is 1.94. The van der Waals surface area contributed by atoms with Crippen LogP contribution in [0.1, 0.15) is 18.5 Å². The molecule has 49 valence electrons. The molecule has 0 saturated carbocycles. The molecule has 0 atom stereocenters. The maximum absolute atomic E-state index is 4.78. The summed E-state index contributed by atoms with van der Waals surface area (Å²) in [7, 11) is 0. The highest BCUT2D eigenvalue weighted by Crippen LogP contribution is 1.99. The molecule has 0 N–H and O–H groups in total. The van der Waals surface area contributed by atoms with Gasteiger partial charge in [0.1, 0.15) is 6.26 Å². The SMILES string of the molecule is [CH2]CCCc1cocn1. The van der Waals surface area contributed by atoms with E-state index in [9.17, 15) is 0 Å². The first kappa shape index (κ1) is 6.33. The molecule has 1 aromatic heterocycles. The Bertz CT molecular complexity index is 146. The second-order valence-corrected chi connectivity index (χ2v) is 1.94. The van der Waals surface area contributed by atoms with Gasteiger partial charge in [-0.1, -0.05) is 13.3 Å². The lowest BCUT2D eigenvalue weighted by Gasteiger charge is -1.88. The first-order valence-corrected chi connectivity index (χ1v) is 3.10. The summed E-state index contributed by atoms with van der Waals surface area (Å²) in [5, 5.41) is 0. The number of aryl methyl sites for hydroxylation is 1. The Balaban J connectivity index is 2.30. The van der Waals surface area contributed by atoms with Crippen molar-refractivity contribution in [3.63, 3.8) is 0 Å². The van der Waals surface area contributed by atoms with Crippen molar-refractivity contribution in [1.29, 1.82) is 0 Å². The van der Waals surface area contributed by atoms with Crippen molar-refractivity contribution in [2.75, 3.05) is 0 Å². The maximum Gasteiger partial charge on any atom is 0.180 e. The molecule has 0 spiro atoms. The minimum atomic E-state index is 0.965. The van der Waals surface area contributed by atoms with Crippen molar-refractivity contribution < 1.29 is 4.42 Å². The molecule has 1 radical (unpaired) electrons. The van der Waals surface area contributed by atoms with E-state index >= 15 is 0 Å². The third-order valence-corrected chi connectivity index (χ3v) is 1.17. The number of hydrogen-bond acceptors (Lipinski definition) is 2. The van der Waals surface area contributed by atoms with Crippen LogP contribution in [0, 0.1) is 6.92 Å². The van der Waals surface area contributed by atoms with Gasteiger partial charge >= 0.3 is 0 Å². The molecule has 0 saturated heterocycles. The molecular weight excluding hydrogens is 114 g/mol. The zero-order valence-electron chi connectivity index (χ0n) is 5.34. The highest BCUT2D eigenvalue weighted by atomic mass is 16.3. The van der Waals surface area contributed by atoms with Gasteiger partial charge < -0.3 is 4.42 Å². The zero-order chi connectivity index (χ0) is 6.53. The van der Waals surface area contributed by atoms with Crippen LogP contribution in [-0.2, 0) is 6.42 Å². The summed E-state index contributed by atoms with van der Waals surface area (Å²) in [5.41, 5.74) is 1.03. The molecule has 2 nitrogen and oxygen atoms in total. The van der Waals surface area contributed by atoms with E-state index in [0.717, 1.165) is 25.0 Å². The molecule has 1 heterocycles. The minimum Gasteiger partial charge on any atom is -0.451 e. The van der Waals surface area contributed by atoms with Gasteiger partial charge in [0.05, 0.1) is 5.69 Å². The summed E-state index contributed by atoms with van der Waals surface area (Å²) < 4.78 is 4.78. The van der Waals surface area contributed by atoms with Crippen molar-refractivity contribution in [3.05, 3.63) is 25.3 Å². The number of oxazole rings is 1. The Kier molecular flexibility index (Phi) is 2.31. The van der Waals surface area contributed by atoms with E-state index in [0.29, 0.717) is 0 Å². The van der Waals surface area contributed by atoms with Crippen LogP contribution >= 0.6 is 0 Å². The van der Waals surface area contributed by atoms with E-state index in [1.807, 2.05) is 0 Å². The first-order valence-electron chi connectivity index (χ1n) is 3.10. The Morgan fingerprint density at radius 2 is 2.56 bits per heavy atom. The molecule has 0 aromatic carbocycles. The van der Waals surface area contributed by atoms with E-state index in [1.54, 1.807) is 6.26 Å². The summed E-state index contributed by atoms with van der Waals surface area (Å²) in [6.45, 7) is 3.73. The normalized spacial score (nSPS) is 9.89. The summed E-state index contributed by atoms with van der Waals surface area (Å²) in [6, 6.07) is 0. The van der Waals surface area contributed by atoms with Crippen molar-refractivity contribution >= 4 is 0 Å². The van der Waals surface area contributed by atoms with Gasteiger partial charge in [0, 0.05) is 0 Å². The standard InChI is InChI=1S/C7H10NO/c1-2-3-4-7-5-9-6-8-7/h5-6H,1-4H2. The number of rotatable bonds is 3. The van der Waals surface area contributed by atoms with Crippen LogP contribution in [0.15, 0.2) is 17.1 Å². The predicted octanol–water partition coefficient (Wildman–Crippen LogP) is 1.83. The molecule has 1 aromatic rings. The smallest absolute Gasteiger partial charge is 0.180 e. The summed E-state index contributed by atoms with van der Waals surface area (Å²) in [6.07, 6.45) is 6.17. The molecule has 2 heteroatoms. The minimum absolute atomic E-state index is 0.965. The third-order valence-electron chi connectivity index (χ3n) is 1.17. The molecular formula is C7H10NO. The predicted molar refractivity (Wildman–Crippen MR) is 34.8 cm³/mol. The van der Waals surface area contributed by atoms with E-state index < -0.39 is 0 Å². The molecule has 0 amide bonds. The van der Waals surface area contributed by atoms with E-state index in [4.69, 9.17) is 4.42 Å².